The normalized spacial score (nSPS) is 10.4. The molecule has 0 saturated carbocycles. The van der Waals surface area contributed by atoms with Crippen LogP contribution < -0.4 is 5.32 Å². The molecule has 0 saturated heterocycles. The largest absolute Gasteiger partial charge is 0.445 e. The fourth-order valence-corrected chi connectivity index (χ4v) is 1.34. The average molecular weight is 188 g/mol. The highest BCUT2D eigenvalue weighted by Gasteiger charge is 2.00. The molecule has 0 atom stereocenters. The maximum absolute atomic E-state index is 5.19. The van der Waals surface area contributed by atoms with Crippen LogP contribution in [0.4, 0.5) is 0 Å². The molecule has 14 heavy (non-hydrogen) atoms. The highest BCUT2D eigenvalue weighted by Crippen LogP contribution is 2.17. The molecular formula is C11H12N2O. The summed E-state index contributed by atoms with van der Waals surface area (Å²) in [5.74, 6) is 0.668. The quantitative estimate of drug-likeness (QED) is 0.801. The lowest BCUT2D eigenvalue weighted by Gasteiger charge is -2.00. The van der Waals surface area contributed by atoms with Gasteiger partial charge in [0, 0.05) is 12.1 Å². The van der Waals surface area contributed by atoms with Crippen LogP contribution in [-0.2, 0) is 6.54 Å². The number of rotatable bonds is 3. The van der Waals surface area contributed by atoms with E-state index in [4.69, 9.17) is 4.42 Å². The molecule has 1 aromatic heterocycles. The van der Waals surface area contributed by atoms with Crippen molar-refractivity contribution >= 4 is 0 Å². The van der Waals surface area contributed by atoms with Crippen LogP contribution in [-0.4, -0.2) is 12.0 Å². The summed E-state index contributed by atoms with van der Waals surface area (Å²) in [4.78, 5) is 4.08. The third-order valence-corrected chi connectivity index (χ3v) is 2.01. The zero-order valence-corrected chi connectivity index (χ0v) is 8.03. The van der Waals surface area contributed by atoms with Gasteiger partial charge in [-0.15, -0.1) is 0 Å². The summed E-state index contributed by atoms with van der Waals surface area (Å²) in [5, 5.41) is 3.10. The zero-order valence-electron chi connectivity index (χ0n) is 8.03. The van der Waals surface area contributed by atoms with E-state index in [2.05, 4.69) is 22.4 Å². The summed E-state index contributed by atoms with van der Waals surface area (Å²) in [6, 6.07) is 8.16. The van der Waals surface area contributed by atoms with Gasteiger partial charge in [-0.05, 0) is 24.7 Å². The van der Waals surface area contributed by atoms with Gasteiger partial charge in [-0.3, -0.25) is 0 Å². The molecule has 1 N–H and O–H groups in total. The maximum Gasteiger partial charge on any atom is 0.225 e. The van der Waals surface area contributed by atoms with Crippen LogP contribution >= 0.6 is 0 Å². The summed E-state index contributed by atoms with van der Waals surface area (Å²) in [7, 11) is 1.93. The van der Waals surface area contributed by atoms with Gasteiger partial charge in [0.05, 0.1) is 6.20 Å². The molecule has 1 heterocycles. The van der Waals surface area contributed by atoms with Gasteiger partial charge in [-0.2, -0.15) is 0 Å². The lowest BCUT2D eigenvalue weighted by molar-refractivity contribution is 0.574. The lowest BCUT2D eigenvalue weighted by atomic mass is 10.1. The first kappa shape index (κ1) is 8.97. The van der Waals surface area contributed by atoms with Gasteiger partial charge in [-0.1, -0.05) is 12.1 Å². The van der Waals surface area contributed by atoms with Gasteiger partial charge in [0.2, 0.25) is 5.89 Å². The molecule has 3 heteroatoms. The molecule has 1 aromatic carbocycles. The van der Waals surface area contributed by atoms with Crippen molar-refractivity contribution in [3.05, 3.63) is 42.3 Å². The molecule has 0 bridgehead atoms. The van der Waals surface area contributed by atoms with E-state index in [9.17, 15) is 0 Å². The summed E-state index contributed by atoms with van der Waals surface area (Å²) >= 11 is 0. The first-order valence-electron chi connectivity index (χ1n) is 4.53. The molecular weight excluding hydrogens is 176 g/mol. The fraction of sp³-hybridized carbons (Fsp3) is 0.182. The summed E-state index contributed by atoms with van der Waals surface area (Å²) in [6.45, 7) is 0.881. The van der Waals surface area contributed by atoms with E-state index in [1.54, 1.807) is 12.5 Å². The van der Waals surface area contributed by atoms with E-state index < -0.39 is 0 Å². The number of hydrogen-bond donors (Lipinski definition) is 1. The molecule has 0 aliphatic carbocycles. The van der Waals surface area contributed by atoms with Gasteiger partial charge in [0.1, 0.15) is 6.26 Å². The highest BCUT2D eigenvalue weighted by atomic mass is 16.3. The van der Waals surface area contributed by atoms with Crippen molar-refractivity contribution < 1.29 is 4.42 Å². The Labute approximate surface area is 82.8 Å². The Morgan fingerprint density at radius 1 is 1.29 bits per heavy atom. The Kier molecular flexibility index (Phi) is 2.60. The van der Waals surface area contributed by atoms with Crippen molar-refractivity contribution in [1.82, 2.24) is 10.3 Å². The third-order valence-electron chi connectivity index (χ3n) is 2.01. The van der Waals surface area contributed by atoms with Crippen LogP contribution in [0.25, 0.3) is 11.5 Å². The molecule has 0 fully saturated rings. The molecule has 0 aliphatic rings. The number of nitrogens with one attached hydrogen (secondary N) is 1. The van der Waals surface area contributed by atoms with E-state index in [1.165, 1.54) is 5.56 Å². The SMILES string of the molecule is CNCc1ccc(-c2ncco2)cc1. The molecule has 2 aromatic rings. The Balaban J connectivity index is 2.22. The predicted octanol–water partition coefficient (Wildman–Crippen LogP) is 2.06. The molecule has 0 unspecified atom stereocenters. The van der Waals surface area contributed by atoms with Crippen molar-refractivity contribution in [2.24, 2.45) is 0 Å². The minimum Gasteiger partial charge on any atom is -0.445 e. The lowest BCUT2D eigenvalue weighted by Crippen LogP contribution is -2.04. The van der Waals surface area contributed by atoms with Crippen molar-refractivity contribution in [1.29, 1.82) is 0 Å². The van der Waals surface area contributed by atoms with Crippen LogP contribution in [0.5, 0.6) is 0 Å². The van der Waals surface area contributed by atoms with Crippen LogP contribution in [0.15, 0.2) is 41.1 Å². The molecule has 3 nitrogen and oxygen atoms in total. The van der Waals surface area contributed by atoms with E-state index >= 15 is 0 Å². The minimum absolute atomic E-state index is 0.668. The van der Waals surface area contributed by atoms with Gasteiger partial charge in [0.25, 0.3) is 0 Å². The van der Waals surface area contributed by atoms with Crippen LogP contribution in [0.1, 0.15) is 5.56 Å². The van der Waals surface area contributed by atoms with Gasteiger partial charge in [-0.25, -0.2) is 4.98 Å². The maximum atomic E-state index is 5.19. The molecule has 72 valence electrons. The second kappa shape index (κ2) is 4.07. The van der Waals surface area contributed by atoms with E-state index in [-0.39, 0.29) is 0 Å². The highest BCUT2D eigenvalue weighted by molar-refractivity contribution is 5.53. The summed E-state index contributed by atoms with van der Waals surface area (Å²) in [5.41, 5.74) is 2.26. The van der Waals surface area contributed by atoms with Gasteiger partial charge >= 0.3 is 0 Å². The number of hydrogen-bond acceptors (Lipinski definition) is 3. The first-order chi connectivity index (χ1) is 6.90. The summed E-state index contributed by atoms with van der Waals surface area (Å²) in [6.07, 6.45) is 3.23. The number of aromatic nitrogens is 1. The molecule has 0 spiro atoms. The fourth-order valence-electron chi connectivity index (χ4n) is 1.34. The topological polar surface area (TPSA) is 38.1 Å². The second-order valence-electron chi connectivity index (χ2n) is 3.06. The van der Waals surface area contributed by atoms with E-state index in [1.807, 2.05) is 19.2 Å². The summed E-state index contributed by atoms with van der Waals surface area (Å²) < 4.78 is 5.19. The minimum atomic E-state index is 0.668. The van der Waals surface area contributed by atoms with Gasteiger partial charge < -0.3 is 9.73 Å². The smallest absolute Gasteiger partial charge is 0.225 e. The molecule has 0 radical (unpaired) electrons. The third kappa shape index (κ3) is 1.83. The van der Waals surface area contributed by atoms with Crippen molar-refractivity contribution in [3.8, 4) is 11.5 Å². The standard InChI is InChI=1S/C11H12N2O/c1-12-8-9-2-4-10(5-3-9)11-13-6-7-14-11/h2-7,12H,8H2,1H3. The number of oxazole rings is 1. The molecule has 0 amide bonds. The number of benzene rings is 1. The molecule has 0 aliphatic heterocycles. The predicted molar refractivity (Wildman–Crippen MR) is 54.7 cm³/mol. The van der Waals surface area contributed by atoms with Crippen molar-refractivity contribution in [2.45, 2.75) is 6.54 Å². The first-order valence-corrected chi connectivity index (χ1v) is 4.53. The van der Waals surface area contributed by atoms with Gasteiger partial charge in [0.15, 0.2) is 0 Å². The Hall–Kier alpha value is -1.61. The van der Waals surface area contributed by atoms with Crippen LogP contribution in [0.2, 0.25) is 0 Å². The van der Waals surface area contributed by atoms with E-state index in [0.29, 0.717) is 5.89 Å². The zero-order chi connectivity index (χ0) is 9.80. The average Bonchev–Trinajstić information content (AvgIpc) is 2.72. The van der Waals surface area contributed by atoms with E-state index in [0.717, 1.165) is 12.1 Å². The number of nitrogens with zero attached hydrogens (tertiary/aromatic N) is 1. The van der Waals surface area contributed by atoms with Crippen molar-refractivity contribution in [3.63, 3.8) is 0 Å². The van der Waals surface area contributed by atoms with Crippen LogP contribution in [0.3, 0.4) is 0 Å². The monoisotopic (exact) mass is 188 g/mol. The Morgan fingerprint density at radius 3 is 2.64 bits per heavy atom. The Bertz CT molecular complexity index is 378. The Morgan fingerprint density at radius 2 is 2.07 bits per heavy atom. The van der Waals surface area contributed by atoms with Crippen molar-refractivity contribution in [2.75, 3.05) is 7.05 Å². The molecule has 2 rings (SSSR count). The second-order valence-corrected chi connectivity index (χ2v) is 3.06. The van der Waals surface area contributed by atoms with Crippen LogP contribution in [0, 0.1) is 0 Å².